The third-order valence-corrected chi connectivity index (χ3v) is 5.01. The first-order chi connectivity index (χ1) is 11.3. The fraction of sp³-hybridized carbons (Fsp3) is 0.647. The molecule has 0 aromatic heterocycles. The molecule has 2 N–H and O–H groups in total. The Kier molecular flexibility index (Phi) is 6.48. The van der Waals surface area contributed by atoms with Gasteiger partial charge in [-0.25, -0.2) is 4.79 Å². The molecule has 4 atom stereocenters. The summed E-state index contributed by atoms with van der Waals surface area (Å²) >= 11 is 1.11. The van der Waals surface area contributed by atoms with Gasteiger partial charge in [0, 0.05) is 24.7 Å². The molecule has 0 saturated carbocycles. The summed E-state index contributed by atoms with van der Waals surface area (Å²) in [5.74, 6) is -1.49. The van der Waals surface area contributed by atoms with E-state index in [0.29, 0.717) is 12.2 Å². The Balaban J connectivity index is 1.96. The number of ether oxygens (including phenoxy) is 2. The van der Waals surface area contributed by atoms with Crippen molar-refractivity contribution < 1.29 is 24.2 Å². The molecule has 0 radical (unpaired) electrons. The summed E-state index contributed by atoms with van der Waals surface area (Å²) in [6.07, 6.45) is 4.80. The number of nitrogens with one attached hydrogen (secondary N) is 1. The third-order valence-electron chi connectivity index (χ3n) is 4.13. The second-order valence-electron chi connectivity index (χ2n) is 6.39. The molecule has 2 aliphatic heterocycles. The number of amides is 1. The third kappa shape index (κ3) is 5.09. The molecule has 2 rings (SSSR count). The maximum absolute atomic E-state index is 12.1. The van der Waals surface area contributed by atoms with E-state index in [0.717, 1.165) is 30.2 Å². The molecule has 0 spiro atoms. The summed E-state index contributed by atoms with van der Waals surface area (Å²) in [7, 11) is 0. The van der Waals surface area contributed by atoms with Crippen LogP contribution in [-0.2, 0) is 14.3 Å². The summed E-state index contributed by atoms with van der Waals surface area (Å²) < 4.78 is 11.2. The van der Waals surface area contributed by atoms with E-state index in [4.69, 9.17) is 9.47 Å². The SMILES string of the molecule is C=CCC/C(C)=C\C(=O)O[C@@H]1C[C@@H](C)O[C@@](O)([C@@H]2CSC(=O)N2)C1. The van der Waals surface area contributed by atoms with E-state index in [1.165, 1.54) is 6.08 Å². The summed E-state index contributed by atoms with van der Waals surface area (Å²) in [6.45, 7) is 7.35. The Hall–Kier alpha value is -1.31. The number of hydrogen-bond donors (Lipinski definition) is 2. The van der Waals surface area contributed by atoms with Crippen LogP contribution in [0.5, 0.6) is 0 Å². The molecule has 24 heavy (non-hydrogen) atoms. The van der Waals surface area contributed by atoms with Gasteiger partial charge in [-0.2, -0.15) is 0 Å². The molecule has 134 valence electrons. The number of aliphatic hydroxyl groups is 1. The molecule has 7 heteroatoms. The molecule has 0 aromatic carbocycles. The molecule has 2 aliphatic rings. The van der Waals surface area contributed by atoms with Crippen LogP contribution in [0, 0.1) is 0 Å². The molecule has 2 saturated heterocycles. The minimum atomic E-state index is -1.51. The van der Waals surface area contributed by atoms with Gasteiger partial charge in [-0.05, 0) is 26.7 Å². The van der Waals surface area contributed by atoms with Crippen LogP contribution in [0.2, 0.25) is 0 Å². The first-order valence-electron chi connectivity index (χ1n) is 8.14. The summed E-state index contributed by atoms with van der Waals surface area (Å²) in [6, 6.07) is -0.496. The highest BCUT2D eigenvalue weighted by Gasteiger charge is 2.48. The number of rotatable bonds is 6. The lowest BCUT2D eigenvalue weighted by molar-refractivity contribution is -0.278. The van der Waals surface area contributed by atoms with Crippen molar-refractivity contribution in [3.63, 3.8) is 0 Å². The number of carbonyl (C=O) groups excluding carboxylic acids is 2. The molecule has 0 bridgehead atoms. The van der Waals surface area contributed by atoms with Gasteiger partial charge in [-0.15, -0.1) is 6.58 Å². The molecular formula is C17H25NO5S. The Morgan fingerprint density at radius 2 is 2.38 bits per heavy atom. The predicted molar refractivity (Wildman–Crippen MR) is 92.6 cm³/mol. The highest BCUT2D eigenvalue weighted by molar-refractivity contribution is 8.14. The maximum atomic E-state index is 12.1. The van der Waals surface area contributed by atoms with Crippen molar-refractivity contribution in [1.29, 1.82) is 0 Å². The van der Waals surface area contributed by atoms with Crippen LogP contribution in [0.4, 0.5) is 4.79 Å². The zero-order valence-electron chi connectivity index (χ0n) is 14.1. The van der Waals surface area contributed by atoms with Crippen LogP contribution >= 0.6 is 11.8 Å². The van der Waals surface area contributed by atoms with Crippen molar-refractivity contribution in [3.8, 4) is 0 Å². The maximum Gasteiger partial charge on any atom is 0.330 e. The van der Waals surface area contributed by atoms with E-state index in [2.05, 4.69) is 11.9 Å². The lowest BCUT2D eigenvalue weighted by Crippen LogP contribution is -2.58. The van der Waals surface area contributed by atoms with E-state index >= 15 is 0 Å². The van der Waals surface area contributed by atoms with Gasteiger partial charge in [0.25, 0.3) is 5.24 Å². The van der Waals surface area contributed by atoms with Crippen LogP contribution in [0.1, 0.15) is 39.5 Å². The quantitative estimate of drug-likeness (QED) is 0.433. The van der Waals surface area contributed by atoms with E-state index in [-0.39, 0.29) is 17.8 Å². The average Bonchev–Trinajstić information content (AvgIpc) is 2.91. The monoisotopic (exact) mass is 355 g/mol. The topological polar surface area (TPSA) is 84.9 Å². The van der Waals surface area contributed by atoms with Gasteiger partial charge in [-0.1, -0.05) is 23.4 Å². The first-order valence-corrected chi connectivity index (χ1v) is 9.13. The molecule has 2 fully saturated rings. The number of thioether (sulfide) groups is 1. The fourth-order valence-electron chi connectivity index (χ4n) is 2.97. The Morgan fingerprint density at radius 3 is 3.00 bits per heavy atom. The normalized spacial score (nSPS) is 33.9. The molecule has 2 heterocycles. The minimum Gasteiger partial charge on any atom is -0.459 e. The number of hydrogen-bond acceptors (Lipinski definition) is 6. The Labute approximate surface area is 146 Å². The smallest absolute Gasteiger partial charge is 0.330 e. The molecule has 0 aromatic rings. The van der Waals surface area contributed by atoms with Crippen LogP contribution in [0.15, 0.2) is 24.3 Å². The second kappa shape index (κ2) is 8.18. The zero-order valence-corrected chi connectivity index (χ0v) is 14.9. The molecule has 1 amide bonds. The summed E-state index contributed by atoms with van der Waals surface area (Å²) in [5, 5.41) is 13.3. The van der Waals surface area contributed by atoms with Crippen molar-refractivity contribution in [2.24, 2.45) is 0 Å². The molecule has 0 aliphatic carbocycles. The largest absolute Gasteiger partial charge is 0.459 e. The molecule has 0 unspecified atom stereocenters. The number of allylic oxidation sites excluding steroid dienone is 2. The molecule has 6 nitrogen and oxygen atoms in total. The van der Waals surface area contributed by atoms with E-state index in [9.17, 15) is 14.7 Å². The Morgan fingerprint density at radius 1 is 1.62 bits per heavy atom. The zero-order chi connectivity index (χ0) is 17.7. The van der Waals surface area contributed by atoms with Crippen molar-refractivity contribution in [2.45, 2.75) is 63.6 Å². The van der Waals surface area contributed by atoms with Crippen LogP contribution in [-0.4, -0.2) is 46.1 Å². The van der Waals surface area contributed by atoms with Crippen LogP contribution in [0.3, 0.4) is 0 Å². The Bertz CT molecular complexity index is 535. The van der Waals surface area contributed by atoms with Gasteiger partial charge in [0.05, 0.1) is 12.1 Å². The minimum absolute atomic E-state index is 0.147. The number of esters is 1. The number of carbonyl (C=O) groups is 2. The molecular weight excluding hydrogens is 330 g/mol. The van der Waals surface area contributed by atoms with Crippen LogP contribution in [0.25, 0.3) is 0 Å². The predicted octanol–water partition coefficient (Wildman–Crippen LogP) is 2.52. The van der Waals surface area contributed by atoms with E-state index in [1.54, 1.807) is 6.08 Å². The van der Waals surface area contributed by atoms with Crippen molar-refractivity contribution >= 4 is 23.0 Å². The van der Waals surface area contributed by atoms with Crippen LogP contribution < -0.4 is 5.32 Å². The van der Waals surface area contributed by atoms with Gasteiger partial charge >= 0.3 is 5.97 Å². The summed E-state index contributed by atoms with van der Waals surface area (Å²) in [5.41, 5.74) is 0.926. The van der Waals surface area contributed by atoms with Gasteiger partial charge in [0.2, 0.25) is 0 Å². The standard InChI is InChI=1S/C17H25NO5S/c1-4-5-6-11(2)7-15(19)22-13-8-12(3)23-17(21,9-13)14-10-24-16(20)18-14/h4,7,12-14,21H,1,5-6,8-10H2,2-3H3,(H,18,20)/b11-7-/t12-,13-,14+,17-/m1/s1. The fourth-order valence-corrected chi connectivity index (χ4v) is 3.85. The van der Waals surface area contributed by atoms with E-state index in [1.807, 2.05) is 13.8 Å². The van der Waals surface area contributed by atoms with E-state index < -0.39 is 23.9 Å². The summed E-state index contributed by atoms with van der Waals surface area (Å²) in [4.78, 5) is 23.4. The lowest BCUT2D eigenvalue weighted by atomic mass is 9.94. The first kappa shape index (κ1) is 19.0. The highest BCUT2D eigenvalue weighted by Crippen LogP contribution is 2.35. The van der Waals surface area contributed by atoms with Gasteiger partial charge in [0.15, 0.2) is 5.79 Å². The van der Waals surface area contributed by atoms with Crippen molar-refractivity contribution in [2.75, 3.05) is 5.75 Å². The van der Waals surface area contributed by atoms with Gasteiger partial charge < -0.3 is 19.9 Å². The second-order valence-corrected chi connectivity index (χ2v) is 7.38. The average molecular weight is 355 g/mol. The van der Waals surface area contributed by atoms with Gasteiger partial charge in [0.1, 0.15) is 6.10 Å². The highest BCUT2D eigenvalue weighted by atomic mass is 32.2. The van der Waals surface area contributed by atoms with Crippen molar-refractivity contribution in [1.82, 2.24) is 5.32 Å². The lowest BCUT2D eigenvalue weighted by Gasteiger charge is -2.42. The van der Waals surface area contributed by atoms with Gasteiger partial charge in [-0.3, -0.25) is 4.79 Å². The van der Waals surface area contributed by atoms with Crippen molar-refractivity contribution in [3.05, 3.63) is 24.3 Å².